The topological polar surface area (TPSA) is 98.4 Å². The maximum atomic E-state index is 12.5. The molecular formula is C21H29N5O3. The molecule has 3 rings (SSSR count). The lowest BCUT2D eigenvalue weighted by atomic mass is 10.2. The minimum Gasteiger partial charge on any atom is -0.353 e. The monoisotopic (exact) mass is 399 g/mol. The fourth-order valence-corrected chi connectivity index (χ4v) is 3.42. The van der Waals surface area contributed by atoms with Gasteiger partial charge in [0, 0.05) is 45.1 Å². The van der Waals surface area contributed by atoms with Crippen molar-refractivity contribution in [2.45, 2.75) is 39.2 Å². The highest BCUT2D eigenvalue weighted by atomic mass is 16.2. The molecule has 1 aromatic carbocycles. The highest BCUT2D eigenvalue weighted by Crippen LogP contribution is 2.09. The molecule has 1 fully saturated rings. The number of H-pyrrole nitrogens is 1. The first-order valence-corrected chi connectivity index (χ1v) is 10.2. The third kappa shape index (κ3) is 5.63. The third-order valence-corrected chi connectivity index (χ3v) is 5.35. The maximum Gasteiger partial charge on any atom is 0.258 e. The minimum atomic E-state index is -0.178. The van der Waals surface area contributed by atoms with Crippen LogP contribution in [0.5, 0.6) is 0 Å². The molecule has 0 bridgehead atoms. The Morgan fingerprint density at radius 1 is 1.21 bits per heavy atom. The zero-order valence-corrected chi connectivity index (χ0v) is 17.1. The number of hydrogen-bond acceptors (Lipinski definition) is 5. The fourth-order valence-electron chi connectivity index (χ4n) is 3.42. The van der Waals surface area contributed by atoms with Crippen molar-refractivity contribution in [1.82, 2.24) is 25.1 Å². The summed E-state index contributed by atoms with van der Waals surface area (Å²) in [5.41, 5.74) is 0.463. The summed E-state index contributed by atoms with van der Waals surface area (Å²) in [6.45, 7) is 6.99. The predicted molar refractivity (Wildman–Crippen MR) is 112 cm³/mol. The minimum absolute atomic E-state index is 0.0328. The smallest absolute Gasteiger partial charge is 0.258 e. The van der Waals surface area contributed by atoms with Crippen LogP contribution in [0, 0.1) is 0 Å². The maximum absolute atomic E-state index is 12.5. The number of nitrogens with zero attached hydrogens (tertiary/aromatic N) is 3. The van der Waals surface area contributed by atoms with Crippen LogP contribution in [0.15, 0.2) is 29.1 Å². The van der Waals surface area contributed by atoms with Crippen molar-refractivity contribution >= 4 is 22.7 Å². The summed E-state index contributed by atoms with van der Waals surface area (Å²) in [5.74, 6) is 0.609. The first kappa shape index (κ1) is 21.0. The van der Waals surface area contributed by atoms with Crippen molar-refractivity contribution in [2.75, 3.05) is 32.7 Å². The number of carbonyl (C=O) groups excluding carboxylic acids is 2. The van der Waals surface area contributed by atoms with Gasteiger partial charge in [0.1, 0.15) is 5.82 Å². The summed E-state index contributed by atoms with van der Waals surface area (Å²) in [4.78, 5) is 47.8. The van der Waals surface area contributed by atoms with Gasteiger partial charge in [-0.2, -0.15) is 0 Å². The van der Waals surface area contributed by atoms with E-state index in [1.807, 2.05) is 24.8 Å². The third-order valence-electron chi connectivity index (χ3n) is 5.35. The molecule has 1 aromatic heterocycles. The van der Waals surface area contributed by atoms with E-state index in [0.717, 1.165) is 6.42 Å². The Balaban J connectivity index is 1.47. The molecule has 8 nitrogen and oxygen atoms in total. The molecule has 29 heavy (non-hydrogen) atoms. The van der Waals surface area contributed by atoms with Gasteiger partial charge in [0.15, 0.2) is 0 Å². The number of aromatic amines is 1. The lowest BCUT2D eigenvalue weighted by Gasteiger charge is -2.34. The van der Waals surface area contributed by atoms with Crippen LogP contribution in [0.1, 0.15) is 32.5 Å². The molecule has 2 aromatic rings. The predicted octanol–water partition coefficient (Wildman–Crippen LogP) is 0.915. The van der Waals surface area contributed by atoms with E-state index in [2.05, 4.69) is 20.2 Å². The van der Waals surface area contributed by atoms with Crippen LogP contribution in [0.25, 0.3) is 10.9 Å². The van der Waals surface area contributed by atoms with Gasteiger partial charge < -0.3 is 15.2 Å². The lowest BCUT2D eigenvalue weighted by molar-refractivity contribution is -0.133. The molecule has 156 valence electrons. The van der Waals surface area contributed by atoms with Crippen LogP contribution in [-0.4, -0.2) is 70.3 Å². The number of carbonyl (C=O) groups is 2. The van der Waals surface area contributed by atoms with Crippen molar-refractivity contribution in [3.8, 4) is 0 Å². The summed E-state index contributed by atoms with van der Waals surface area (Å²) in [6.07, 6.45) is 1.61. The molecule has 8 heteroatoms. The van der Waals surface area contributed by atoms with Gasteiger partial charge in [-0.25, -0.2) is 4.98 Å². The number of rotatable bonds is 7. The summed E-state index contributed by atoms with van der Waals surface area (Å²) in [6, 6.07) is 7.36. The van der Waals surface area contributed by atoms with E-state index in [1.54, 1.807) is 18.2 Å². The molecule has 2 amide bonds. The number of nitrogens with one attached hydrogen (secondary N) is 2. The van der Waals surface area contributed by atoms with Crippen LogP contribution in [0.4, 0.5) is 0 Å². The summed E-state index contributed by atoms with van der Waals surface area (Å²) in [7, 11) is 0. The number of amides is 2. The zero-order valence-electron chi connectivity index (χ0n) is 17.1. The molecule has 1 unspecified atom stereocenters. The molecule has 1 saturated heterocycles. The summed E-state index contributed by atoms with van der Waals surface area (Å²) in [5, 5.41) is 3.52. The number of hydrogen-bond donors (Lipinski definition) is 2. The van der Waals surface area contributed by atoms with Gasteiger partial charge in [-0.15, -0.1) is 0 Å². The number of aromatic nitrogens is 2. The van der Waals surface area contributed by atoms with Gasteiger partial charge >= 0.3 is 0 Å². The first-order chi connectivity index (χ1) is 14.0. The van der Waals surface area contributed by atoms with Gasteiger partial charge in [-0.1, -0.05) is 19.1 Å². The van der Waals surface area contributed by atoms with E-state index in [-0.39, 0.29) is 23.4 Å². The van der Waals surface area contributed by atoms with E-state index in [4.69, 9.17) is 0 Å². The Kier molecular flexibility index (Phi) is 6.98. The normalized spacial score (nSPS) is 16.0. The highest BCUT2D eigenvalue weighted by Gasteiger charge is 2.22. The summed E-state index contributed by atoms with van der Waals surface area (Å²) < 4.78 is 0. The molecule has 0 spiro atoms. The number of fused-ring (bicyclic) bond motifs is 1. The Bertz CT molecular complexity index is 918. The molecule has 0 aliphatic carbocycles. The van der Waals surface area contributed by atoms with Crippen molar-refractivity contribution < 1.29 is 9.59 Å². The SMILES string of the molecule is CCC(C)NC(=O)CN1CCN(C(=O)CCc2nc3ccccc3c(=O)[nH]2)CC1. The van der Waals surface area contributed by atoms with E-state index in [9.17, 15) is 14.4 Å². The summed E-state index contributed by atoms with van der Waals surface area (Å²) >= 11 is 0. The van der Waals surface area contributed by atoms with Gasteiger partial charge in [0.2, 0.25) is 11.8 Å². The quantitative estimate of drug-likeness (QED) is 0.721. The van der Waals surface area contributed by atoms with Crippen LogP contribution in [0.3, 0.4) is 0 Å². The average molecular weight is 399 g/mol. The largest absolute Gasteiger partial charge is 0.353 e. The molecule has 1 aliphatic rings. The Morgan fingerprint density at radius 2 is 1.93 bits per heavy atom. The van der Waals surface area contributed by atoms with Gasteiger partial charge in [0.25, 0.3) is 5.56 Å². The van der Waals surface area contributed by atoms with Crippen molar-refractivity contribution in [3.63, 3.8) is 0 Å². The zero-order chi connectivity index (χ0) is 20.8. The highest BCUT2D eigenvalue weighted by molar-refractivity contribution is 5.79. The standard InChI is InChI=1S/C21H29N5O3/c1-3-15(2)22-19(27)14-25-10-12-26(13-11-25)20(28)9-8-18-23-17-7-5-4-6-16(17)21(29)24-18/h4-7,15H,3,8-14H2,1-2H3,(H,22,27)(H,23,24,29). The van der Waals surface area contributed by atoms with E-state index in [1.165, 1.54) is 0 Å². The van der Waals surface area contributed by atoms with Gasteiger partial charge in [0.05, 0.1) is 17.4 Å². The second-order valence-corrected chi connectivity index (χ2v) is 7.56. The molecule has 0 radical (unpaired) electrons. The van der Waals surface area contributed by atoms with E-state index < -0.39 is 0 Å². The van der Waals surface area contributed by atoms with E-state index >= 15 is 0 Å². The molecule has 1 aliphatic heterocycles. The fraction of sp³-hybridized carbons (Fsp3) is 0.524. The average Bonchev–Trinajstić information content (AvgIpc) is 2.72. The van der Waals surface area contributed by atoms with Crippen molar-refractivity contribution in [3.05, 3.63) is 40.4 Å². The molecular weight excluding hydrogens is 370 g/mol. The van der Waals surface area contributed by atoms with Gasteiger partial charge in [-0.3, -0.25) is 19.3 Å². The van der Waals surface area contributed by atoms with Gasteiger partial charge in [-0.05, 0) is 25.5 Å². The number of aryl methyl sites for hydroxylation is 1. The Morgan fingerprint density at radius 3 is 2.66 bits per heavy atom. The van der Waals surface area contributed by atoms with Crippen molar-refractivity contribution in [2.24, 2.45) is 0 Å². The Hall–Kier alpha value is -2.74. The number of piperazine rings is 1. The molecule has 1 atom stereocenters. The second-order valence-electron chi connectivity index (χ2n) is 7.56. The van der Waals surface area contributed by atoms with Crippen molar-refractivity contribution in [1.29, 1.82) is 0 Å². The molecule has 2 heterocycles. The molecule has 0 saturated carbocycles. The first-order valence-electron chi connectivity index (χ1n) is 10.2. The van der Waals surface area contributed by atoms with Crippen LogP contribution < -0.4 is 10.9 Å². The van der Waals surface area contributed by atoms with E-state index in [0.29, 0.717) is 62.3 Å². The van der Waals surface area contributed by atoms with Crippen LogP contribution >= 0.6 is 0 Å². The lowest BCUT2D eigenvalue weighted by Crippen LogP contribution is -2.51. The Labute approximate surface area is 170 Å². The molecule has 2 N–H and O–H groups in total. The number of para-hydroxylation sites is 1. The van der Waals surface area contributed by atoms with Crippen LogP contribution in [0.2, 0.25) is 0 Å². The number of benzene rings is 1. The van der Waals surface area contributed by atoms with Crippen LogP contribution in [-0.2, 0) is 16.0 Å². The second kappa shape index (κ2) is 9.65.